The number of aliphatic carboxylic acids is 2. The lowest BCUT2D eigenvalue weighted by Crippen LogP contribution is -2.21. The van der Waals surface area contributed by atoms with Crippen LogP contribution in [0.25, 0.3) is 10.6 Å². The van der Waals surface area contributed by atoms with Gasteiger partial charge in [-0.3, -0.25) is 0 Å². The summed E-state index contributed by atoms with van der Waals surface area (Å²) >= 11 is 1.45. The number of fused-ring (bicyclic) bond motifs is 1. The van der Waals surface area contributed by atoms with Gasteiger partial charge in [0.1, 0.15) is 17.6 Å². The number of carboxylic acids is 2. The molecule has 15 heteroatoms. The smallest absolute Gasteiger partial charge is 0.476 e. The first kappa shape index (κ1) is 26.7. The molecular weight excluding hydrogens is 472 g/mol. The first-order valence-corrected chi connectivity index (χ1v) is 9.01. The molecule has 0 aromatic carbocycles. The number of pyridine rings is 1. The molecule has 3 N–H and O–H groups in total. The van der Waals surface area contributed by atoms with E-state index in [-0.39, 0.29) is 0 Å². The van der Waals surface area contributed by atoms with Crippen LogP contribution < -0.4 is 10.1 Å². The molecule has 8 nitrogen and oxygen atoms in total. The summed E-state index contributed by atoms with van der Waals surface area (Å²) in [6.45, 7) is 2.26. The van der Waals surface area contributed by atoms with Gasteiger partial charge in [0.05, 0.1) is 10.6 Å². The Hall–Kier alpha value is -3.38. The highest BCUT2D eigenvalue weighted by Crippen LogP contribution is 2.29. The second kappa shape index (κ2) is 11.3. The first-order valence-electron chi connectivity index (χ1n) is 8.19. The lowest BCUT2D eigenvalue weighted by atomic mass is 10.2. The van der Waals surface area contributed by atoms with E-state index in [1.165, 1.54) is 11.3 Å². The van der Waals surface area contributed by atoms with E-state index in [4.69, 9.17) is 29.8 Å². The molecule has 0 amide bonds. The summed E-state index contributed by atoms with van der Waals surface area (Å²) in [6.07, 6.45) is -10.2. The van der Waals surface area contributed by atoms with Gasteiger partial charge in [-0.2, -0.15) is 31.6 Å². The van der Waals surface area contributed by atoms with Crippen molar-refractivity contribution in [3.05, 3.63) is 34.7 Å². The van der Waals surface area contributed by atoms with Crippen LogP contribution in [0.15, 0.2) is 24.3 Å². The Morgan fingerprint density at radius 3 is 2.09 bits per heavy atom. The highest BCUT2D eigenvalue weighted by atomic mass is 32.1. The van der Waals surface area contributed by atoms with E-state index in [1.54, 1.807) is 0 Å². The van der Waals surface area contributed by atoms with E-state index in [1.807, 2.05) is 24.3 Å². The first-order chi connectivity index (χ1) is 14.8. The van der Waals surface area contributed by atoms with Gasteiger partial charge in [-0.1, -0.05) is 6.07 Å². The largest absolute Gasteiger partial charge is 0.490 e. The number of hydrogen-bond acceptors (Lipinski definition) is 7. The number of thiophene rings is 1. The van der Waals surface area contributed by atoms with E-state index in [0.717, 1.165) is 29.2 Å². The minimum absolute atomic E-state index is 0.636. The molecule has 0 spiro atoms. The van der Waals surface area contributed by atoms with Gasteiger partial charge in [0.25, 0.3) is 0 Å². The minimum Gasteiger partial charge on any atom is -0.476 e. The number of halogens is 6. The summed E-state index contributed by atoms with van der Waals surface area (Å²) in [4.78, 5) is 24.0. The fourth-order valence-electron chi connectivity index (χ4n) is 1.84. The van der Waals surface area contributed by atoms with Crippen molar-refractivity contribution < 1.29 is 50.9 Å². The number of nitriles is 1. The summed E-state index contributed by atoms with van der Waals surface area (Å²) < 4.78 is 69.1. The fourth-order valence-corrected chi connectivity index (χ4v) is 2.62. The number of nitrogens with zero attached hydrogens (tertiary/aromatic N) is 2. The zero-order valence-corrected chi connectivity index (χ0v) is 16.4. The lowest BCUT2D eigenvalue weighted by Gasteiger charge is -2.06. The monoisotopic (exact) mass is 485 g/mol. The van der Waals surface area contributed by atoms with Crippen molar-refractivity contribution >= 4 is 23.3 Å². The second-order valence-electron chi connectivity index (χ2n) is 5.57. The molecule has 0 radical (unpaired) electrons. The third kappa shape index (κ3) is 8.78. The Bertz CT molecular complexity index is 960. The van der Waals surface area contributed by atoms with Crippen LogP contribution in [0.2, 0.25) is 0 Å². The van der Waals surface area contributed by atoms with E-state index in [2.05, 4.69) is 16.4 Å². The van der Waals surface area contributed by atoms with Crippen LogP contribution in [0, 0.1) is 11.3 Å². The van der Waals surface area contributed by atoms with Crippen LogP contribution in [0.1, 0.15) is 10.4 Å². The topological polar surface area (TPSA) is 133 Å². The maximum absolute atomic E-state index is 10.6. The normalized spacial score (nSPS) is 12.9. The van der Waals surface area contributed by atoms with Crippen molar-refractivity contribution in [1.29, 1.82) is 5.26 Å². The number of hydrogen-bond donors (Lipinski definition) is 3. The minimum atomic E-state index is -5.08. The number of carboxylic acid groups (broad SMARTS) is 2. The molecule has 3 heterocycles. The summed E-state index contributed by atoms with van der Waals surface area (Å²) in [7, 11) is 0. The molecule has 2 aromatic rings. The second-order valence-corrected chi connectivity index (χ2v) is 6.65. The number of carbonyl (C=O) groups is 2. The molecule has 0 unspecified atom stereocenters. The number of alkyl halides is 6. The van der Waals surface area contributed by atoms with E-state index < -0.39 is 24.3 Å². The Balaban J connectivity index is 0.000000305. The van der Waals surface area contributed by atoms with E-state index in [9.17, 15) is 26.3 Å². The summed E-state index contributed by atoms with van der Waals surface area (Å²) in [5.41, 5.74) is 1.94. The maximum Gasteiger partial charge on any atom is 0.490 e. The molecule has 0 saturated heterocycles. The molecule has 1 aliphatic rings. The third-order valence-electron chi connectivity index (χ3n) is 3.23. The highest BCUT2D eigenvalue weighted by Gasteiger charge is 2.38. The van der Waals surface area contributed by atoms with E-state index in [0.29, 0.717) is 17.4 Å². The van der Waals surface area contributed by atoms with Crippen LogP contribution >= 0.6 is 11.3 Å². The molecule has 0 aliphatic carbocycles. The average molecular weight is 485 g/mol. The van der Waals surface area contributed by atoms with Gasteiger partial charge in [-0.15, -0.1) is 11.3 Å². The van der Waals surface area contributed by atoms with Gasteiger partial charge in [-0.05, 0) is 18.2 Å². The molecule has 0 atom stereocenters. The zero-order valence-electron chi connectivity index (χ0n) is 15.6. The van der Waals surface area contributed by atoms with Gasteiger partial charge in [0.2, 0.25) is 5.88 Å². The molecule has 174 valence electrons. The van der Waals surface area contributed by atoms with Gasteiger partial charge in [0.15, 0.2) is 0 Å². The molecule has 0 fully saturated rings. The van der Waals surface area contributed by atoms with Crippen molar-refractivity contribution in [3.63, 3.8) is 0 Å². The number of aromatic nitrogens is 1. The Kier molecular flexibility index (Phi) is 9.41. The van der Waals surface area contributed by atoms with Gasteiger partial charge in [0, 0.05) is 18.7 Å². The van der Waals surface area contributed by atoms with Crippen molar-refractivity contribution in [1.82, 2.24) is 10.3 Å². The predicted molar refractivity (Wildman–Crippen MR) is 96.8 cm³/mol. The molecule has 0 saturated carbocycles. The Morgan fingerprint density at radius 2 is 1.62 bits per heavy atom. The SMILES string of the molecule is N#Cc1ccc(-c2ccc3c(n2)OCCNC3)s1.O=C(O)C(F)(F)F.O=C(O)C(F)(F)F. The zero-order chi connectivity index (χ0) is 24.5. The van der Waals surface area contributed by atoms with Crippen LogP contribution in [0.3, 0.4) is 0 Å². The molecule has 0 bridgehead atoms. The van der Waals surface area contributed by atoms with Crippen LogP contribution in [0.5, 0.6) is 5.88 Å². The predicted octanol–water partition coefficient (Wildman–Crippen LogP) is 3.43. The van der Waals surface area contributed by atoms with Gasteiger partial charge in [-0.25, -0.2) is 14.6 Å². The maximum atomic E-state index is 10.6. The van der Waals surface area contributed by atoms with Crippen molar-refractivity contribution in [2.45, 2.75) is 18.9 Å². The van der Waals surface area contributed by atoms with Crippen molar-refractivity contribution in [2.75, 3.05) is 13.2 Å². The average Bonchev–Trinajstić information content (AvgIpc) is 3.05. The number of nitrogens with one attached hydrogen (secondary N) is 1. The van der Waals surface area contributed by atoms with Gasteiger partial charge < -0.3 is 20.3 Å². The fraction of sp³-hybridized carbons (Fsp3) is 0.294. The summed E-state index contributed by atoms with van der Waals surface area (Å²) in [6, 6.07) is 9.88. The van der Waals surface area contributed by atoms with Crippen LogP contribution in [-0.4, -0.2) is 52.6 Å². The van der Waals surface area contributed by atoms with Crippen LogP contribution in [-0.2, 0) is 16.1 Å². The highest BCUT2D eigenvalue weighted by molar-refractivity contribution is 7.15. The van der Waals surface area contributed by atoms with Crippen molar-refractivity contribution in [2.24, 2.45) is 0 Å². The molecule has 3 rings (SSSR count). The molecule has 1 aliphatic heterocycles. The molecular formula is C17H13F6N3O5S. The van der Waals surface area contributed by atoms with Crippen LogP contribution in [0.4, 0.5) is 26.3 Å². The van der Waals surface area contributed by atoms with Crippen molar-refractivity contribution in [3.8, 4) is 22.5 Å². The number of rotatable bonds is 1. The quantitative estimate of drug-likeness (QED) is 0.524. The lowest BCUT2D eigenvalue weighted by molar-refractivity contribution is -0.193. The Labute approximate surface area is 179 Å². The van der Waals surface area contributed by atoms with E-state index >= 15 is 0 Å². The molecule has 32 heavy (non-hydrogen) atoms. The standard InChI is InChI=1S/C13H11N3OS.2C2HF3O2/c14-7-10-2-4-12(18-10)11-3-1-9-8-15-5-6-17-13(9)16-11;2*3-2(4,5)1(6)7/h1-4,15H,5-6,8H2;2*(H,6,7). The molecule has 2 aromatic heterocycles. The summed E-state index contributed by atoms with van der Waals surface area (Å²) in [5, 5.41) is 26.4. The summed E-state index contributed by atoms with van der Waals surface area (Å²) in [5.74, 6) is -4.82. The van der Waals surface area contributed by atoms with Gasteiger partial charge >= 0.3 is 24.3 Å². The third-order valence-corrected chi connectivity index (χ3v) is 4.24. The Morgan fingerprint density at radius 1 is 1.06 bits per heavy atom. The number of ether oxygens (including phenoxy) is 1.